The molecule has 1 aliphatic rings. The second-order valence-electron chi connectivity index (χ2n) is 5.91. The maximum absolute atomic E-state index is 12.5. The Labute approximate surface area is 150 Å². The third-order valence-electron chi connectivity index (χ3n) is 4.32. The molecule has 3 heterocycles. The molecule has 7 heteroatoms. The fourth-order valence-corrected chi connectivity index (χ4v) is 2.98. The molecule has 130 valence electrons. The summed E-state index contributed by atoms with van der Waals surface area (Å²) in [7, 11) is 0. The van der Waals surface area contributed by atoms with E-state index in [0.717, 1.165) is 0 Å². The molecule has 1 aromatic carbocycles. The molecular formula is C19H16N4O3. The Kier molecular flexibility index (Phi) is 4.15. The molecule has 26 heavy (non-hydrogen) atoms. The van der Waals surface area contributed by atoms with Gasteiger partial charge < -0.3 is 18.6 Å². The molecule has 0 unspecified atom stereocenters. The molecule has 3 aromatic rings. The first-order valence-electron chi connectivity index (χ1n) is 8.30. The Balaban J connectivity index is 1.48. The van der Waals surface area contributed by atoms with Crippen molar-refractivity contribution in [1.82, 2.24) is 9.88 Å². The van der Waals surface area contributed by atoms with Crippen molar-refractivity contribution in [3.8, 4) is 17.7 Å². The van der Waals surface area contributed by atoms with Gasteiger partial charge in [-0.25, -0.2) is 0 Å². The number of oxazole rings is 1. The van der Waals surface area contributed by atoms with E-state index in [4.69, 9.17) is 8.83 Å². The number of hydrogen-bond donors (Lipinski definition) is 0. The minimum atomic E-state index is 0.0135. The monoisotopic (exact) mass is 348 g/mol. The van der Waals surface area contributed by atoms with Gasteiger partial charge in [0.25, 0.3) is 11.8 Å². The average molecular weight is 348 g/mol. The molecule has 0 saturated carbocycles. The van der Waals surface area contributed by atoms with E-state index in [1.165, 1.54) is 6.26 Å². The average Bonchev–Trinajstić information content (AvgIpc) is 3.37. The van der Waals surface area contributed by atoms with Crippen molar-refractivity contribution in [3.63, 3.8) is 0 Å². The first-order valence-corrected chi connectivity index (χ1v) is 8.30. The molecule has 0 atom stereocenters. The zero-order chi connectivity index (χ0) is 17.9. The molecule has 0 N–H and O–H groups in total. The minimum Gasteiger partial charge on any atom is -0.459 e. The van der Waals surface area contributed by atoms with Crippen molar-refractivity contribution < 1.29 is 13.6 Å². The van der Waals surface area contributed by atoms with Crippen molar-refractivity contribution in [2.45, 2.75) is 0 Å². The van der Waals surface area contributed by atoms with E-state index in [9.17, 15) is 10.1 Å². The number of aromatic nitrogens is 1. The molecule has 1 saturated heterocycles. The Morgan fingerprint density at radius 1 is 1.08 bits per heavy atom. The lowest BCUT2D eigenvalue weighted by molar-refractivity contribution is 0.0745. The molecule has 1 fully saturated rings. The normalized spacial score (nSPS) is 14.3. The summed E-state index contributed by atoms with van der Waals surface area (Å²) in [4.78, 5) is 20.5. The Morgan fingerprint density at radius 2 is 1.85 bits per heavy atom. The first kappa shape index (κ1) is 16.0. The van der Waals surface area contributed by atoms with E-state index in [1.807, 2.05) is 40.1 Å². The molecule has 1 amide bonds. The highest BCUT2D eigenvalue weighted by atomic mass is 16.4. The maximum atomic E-state index is 12.5. The summed E-state index contributed by atoms with van der Waals surface area (Å²) in [6, 6.07) is 14.8. The lowest BCUT2D eigenvalue weighted by Gasteiger charge is -2.34. The van der Waals surface area contributed by atoms with Crippen LogP contribution in [-0.4, -0.2) is 42.0 Å². The number of carbonyl (C=O) groups is 1. The smallest absolute Gasteiger partial charge is 0.266 e. The van der Waals surface area contributed by atoms with Crippen LogP contribution in [0.4, 0.5) is 5.88 Å². The second-order valence-corrected chi connectivity index (χ2v) is 5.91. The number of amides is 1. The van der Waals surface area contributed by atoms with Crippen molar-refractivity contribution in [2.75, 3.05) is 31.1 Å². The first-order chi connectivity index (χ1) is 12.8. The zero-order valence-corrected chi connectivity index (χ0v) is 14.0. The third kappa shape index (κ3) is 2.93. The highest BCUT2D eigenvalue weighted by molar-refractivity contribution is 5.94. The van der Waals surface area contributed by atoms with Crippen molar-refractivity contribution in [2.24, 2.45) is 0 Å². The number of nitriles is 1. The SMILES string of the molecule is N#Cc1nc(-c2ccco2)oc1N1CCN(C(=O)c2ccccc2)CC1. The van der Waals surface area contributed by atoms with Crippen LogP contribution in [0.3, 0.4) is 0 Å². The van der Waals surface area contributed by atoms with Crippen LogP contribution in [0.15, 0.2) is 57.6 Å². The number of nitrogens with zero attached hydrogens (tertiary/aromatic N) is 4. The fraction of sp³-hybridized carbons (Fsp3) is 0.211. The molecule has 0 aliphatic carbocycles. The standard InChI is InChI=1S/C19H16N4O3/c20-13-15-19(26-17(21-15)16-7-4-12-25-16)23-10-8-22(9-11-23)18(24)14-5-2-1-3-6-14/h1-7,12H,8-11H2. The maximum Gasteiger partial charge on any atom is 0.266 e. The molecule has 0 bridgehead atoms. The highest BCUT2D eigenvalue weighted by Crippen LogP contribution is 2.29. The summed E-state index contributed by atoms with van der Waals surface area (Å²) < 4.78 is 11.0. The number of furan rings is 1. The number of benzene rings is 1. The quantitative estimate of drug-likeness (QED) is 0.723. The van der Waals surface area contributed by atoms with Gasteiger partial charge in [-0.2, -0.15) is 10.2 Å². The summed E-state index contributed by atoms with van der Waals surface area (Å²) in [6.07, 6.45) is 1.53. The Hall–Kier alpha value is -3.53. The molecule has 2 aromatic heterocycles. The number of rotatable bonds is 3. The lowest BCUT2D eigenvalue weighted by atomic mass is 10.2. The second kappa shape index (κ2) is 6.76. The van der Waals surface area contributed by atoms with Gasteiger partial charge in [-0.3, -0.25) is 4.79 Å². The predicted octanol–water partition coefficient (Wildman–Crippen LogP) is 2.77. The van der Waals surface area contributed by atoms with Gasteiger partial charge in [-0.15, -0.1) is 0 Å². The topological polar surface area (TPSA) is 86.5 Å². The largest absolute Gasteiger partial charge is 0.459 e. The number of carbonyl (C=O) groups excluding carboxylic acids is 1. The van der Waals surface area contributed by atoms with Crippen LogP contribution in [0, 0.1) is 11.3 Å². The van der Waals surface area contributed by atoms with Gasteiger partial charge in [-0.1, -0.05) is 18.2 Å². The molecule has 7 nitrogen and oxygen atoms in total. The van der Waals surface area contributed by atoms with Gasteiger partial charge >= 0.3 is 0 Å². The molecule has 4 rings (SSSR count). The number of hydrogen-bond acceptors (Lipinski definition) is 6. The number of piperazine rings is 1. The summed E-state index contributed by atoms with van der Waals surface area (Å²) in [5.74, 6) is 1.19. The van der Waals surface area contributed by atoms with Gasteiger partial charge in [0.1, 0.15) is 6.07 Å². The minimum absolute atomic E-state index is 0.0135. The van der Waals surface area contributed by atoms with Gasteiger partial charge in [-0.05, 0) is 24.3 Å². The van der Waals surface area contributed by atoms with Crippen molar-refractivity contribution in [1.29, 1.82) is 5.26 Å². The third-order valence-corrected chi connectivity index (χ3v) is 4.32. The number of anilines is 1. The summed E-state index contributed by atoms with van der Waals surface area (Å²) in [5.41, 5.74) is 0.901. The Morgan fingerprint density at radius 3 is 2.50 bits per heavy atom. The van der Waals surface area contributed by atoms with Gasteiger partial charge in [0.15, 0.2) is 5.76 Å². The van der Waals surface area contributed by atoms with Gasteiger partial charge in [0.05, 0.1) is 6.26 Å². The molecule has 0 radical (unpaired) electrons. The fourth-order valence-electron chi connectivity index (χ4n) is 2.98. The van der Waals surface area contributed by atoms with Crippen LogP contribution in [0.5, 0.6) is 0 Å². The summed E-state index contributed by atoms with van der Waals surface area (Å²) in [5, 5.41) is 9.35. The summed E-state index contributed by atoms with van der Waals surface area (Å²) in [6.45, 7) is 2.24. The van der Waals surface area contributed by atoms with Crippen LogP contribution in [0.1, 0.15) is 16.1 Å². The molecule has 0 spiro atoms. The van der Waals surface area contributed by atoms with Crippen LogP contribution < -0.4 is 4.90 Å². The van der Waals surface area contributed by atoms with Crippen molar-refractivity contribution in [3.05, 3.63) is 60.0 Å². The summed E-state index contributed by atoms with van der Waals surface area (Å²) >= 11 is 0. The van der Waals surface area contributed by atoms with E-state index in [2.05, 4.69) is 11.1 Å². The van der Waals surface area contributed by atoms with Gasteiger partial charge in [0.2, 0.25) is 11.6 Å². The van der Waals surface area contributed by atoms with E-state index in [-0.39, 0.29) is 17.5 Å². The molecular weight excluding hydrogens is 332 g/mol. The van der Waals surface area contributed by atoms with E-state index >= 15 is 0 Å². The molecule has 1 aliphatic heterocycles. The van der Waals surface area contributed by atoms with Crippen molar-refractivity contribution >= 4 is 11.8 Å². The van der Waals surface area contributed by atoms with E-state index in [1.54, 1.807) is 12.1 Å². The van der Waals surface area contributed by atoms with Gasteiger partial charge in [0, 0.05) is 31.7 Å². The zero-order valence-electron chi connectivity index (χ0n) is 14.0. The van der Waals surface area contributed by atoms with Crippen LogP contribution in [-0.2, 0) is 0 Å². The van der Waals surface area contributed by atoms with E-state index in [0.29, 0.717) is 43.4 Å². The van der Waals surface area contributed by atoms with E-state index < -0.39 is 0 Å². The Bertz CT molecular complexity index is 933. The lowest BCUT2D eigenvalue weighted by Crippen LogP contribution is -2.48. The highest BCUT2D eigenvalue weighted by Gasteiger charge is 2.27. The van der Waals surface area contributed by atoms with Crippen LogP contribution in [0.2, 0.25) is 0 Å². The van der Waals surface area contributed by atoms with Crippen LogP contribution >= 0.6 is 0 Å². The van der Waals surface area contributed by atoms with Crippen LogP contribution in [0.25, 0.3) is 11.7 Å². The predicted molar refractivity (Wildman–Crippen MR) is 93.5 cm³/mol.